The first-order chi connectivity index (χ1) is 17.7. The summed E-state index contributed by atoms with van der Waals surface area (Å²) in [4.78, 5) is 12.9. The summed E-state index contributed by atoms with van der Waals surface area (Å²) in [7, 11) is 1.39. The van der Waals surface area contributed by atoms with Crippen molar-refractivity contribution >= 4 is 16.7 Å². The van der Waals surface area contributed by atoms with Gasteiger partial charge in [-0.3, -0.25) is 0 Å². The van der Waals surface area contributed by atoms with Crippen LogP contribution in [0, 0.1) is 5.82 Å². The van der Waals surface area contributed by atoms with Crippen LogP contribution in [0.5, 0.6) is 23.0 Å². The number of aromatic nitrogens is 1. The molecule has 2 aliphatic rings. The molecule has 0 spiro atoms. The maximum atomic E-state index is 13.7. The van der Waals surface area contributed by atoms with Gasteiger partial charge in [0.05, 0.1) is 29.2 Å². The predicted molar refractivity (Wildman–Crippen MR) is 122 cm³/mol. The Bertz CT molecular complexity index is 1600. The van der Waals surface area contributed by atoms with E-state index in [0.717, 1.165) is 34.7 Å². The molecule has 4 aromatic rings. The molecular formula is C27H18F4NO5+. The summed E-state index contributed by atoms with van der Waals surface area (Å²) in [5, 5.41) is 1.24. The quantitative estimate of drug-likeness (QED) is 0.158. The molecule has 0 unspecified atom stereocenters. The maximum Gasteiger partial charge on any atom is 0.419 e. The summed E-state index contributed by atoms with van der Waals surface area (Å²) in [6.45, 7) is 0.804. The molecule has 0 N–H and O–H groups in total. The number of hydrogen-bond acceptors (Lipinski definition) is 5. The standard InChI is InChI=1S/C27H18F4NO5/c1-34-22-5-3-14-9-21-17-11-24-23(35-13-36-24)10-15(17)6-7-32(21)12-18(14)25(22)37-26(33)16-2-4-20(28)19(8-16)27(29,30)31/h2-5,8-12H,6-7,13H2,1H3/q+1. The van der Waals surface area contributed by atoms with E-state index in [1.807, 2.05) is 29.0 Å². The molecule has 37 heavy (non-hydrogen) atoms. The molecule has 2 aliphatic heterocycles. The Kier molecular flexibility index (Phi) is 5.22. The molecule has 0 saturated carbocycles. The predicted octanol–water partition coefficient (Wildman–Crippen LogP) is 5.46. The maximum absolute atomic E-state index is 13.7. The summed E-state index contributed by atoms with van der Waals surface area (Å²) >= 11 is 0. The average Bonchev–Trinajstić information content (AvgIpc) is 3.33. The molecule has 0 fully saturated rings. The smallest absolute Gasteiger partial charge is 0.419 e. The summed E-state index contributed by atoms with van der Waals surface area (Å²) in [6, 6.07) is 11.2. The zero-order chi connectivity index (χ0) is 25.9. The number of carbonyl (C=O) groups is 1. The third-order valence-electron chi connectivity index (χ3n) is 6.50. The number of nitrogens with zero attached hydrogens (tertiary/aromatic N) is 1. The molecule has 0 atom stereocenters. The molecule has 6 nitrogen and oxygen atoms in total. The van der Waals surface area contributed by atoms with Gasteiger partial charge >= 0.3 is 12.1 Å². The van der Waals surface area contributed by atoms with Crippen LogP contribution in [0.1, 0.15) is 21.5 Å². The largest absolute Gasteiger partial charge is 0.493 e. The van der Waals surface area contributed by atoms with Crippen LogP contribution >= 0.6 is 0 Å². The second-order valence-corrected chi connectivity index (χ2v) is 8.65. The summed E-state index contributed by atoms with van der Waals surface area (Å²) in [6.07, 6.45) is -2.42. The van der Waals surface area contributed by atoms with Crippen molar-refractivity contribution in [1.82, 2.24) is 0 Å². The van der Waals surface area contributed by atoms with Gasteiger partial charge in [0.1, 0.15) is 5.82 Å². The van der Waals surface area contributed by atoms with Crippen LogP contribution in [0.25, 0.3) is 22.0 Å². The highest BCUT2D eigenvalue weighted by Crippen LogP contribution is 2.42. The molecule has 0 bridgehead atoms. The SMILES string of the molecule is COc1ccc2cc3[n+](cc2c1OC(=O)c1ccc(F)c(C(F)(F)F)c1)CCc1cc2c(cc1-3)OCO2. The van der Waals surface area contributed by atoms with Crippen LogP contribution in [-0.4, -0.2) is 19.9 Å². The molecule has 1 aromatic heterocycles. The van der Waals surface area contributed by atoms with E-state index in [-0.39, 0.29) is 18.3 Å². The van der Waals surface area contributed by atoms with Crippen molar-refractivity contribution in [2.45, 2.75) is 19.1 Å². The van der Waals surface area contributed by atoms with Crippen molar-refractivity contribution < 1.29 is 45.9 Å². The fourth-order valence-corrected chi connectivity index (χ4v) is 4.68. The normalized spacial score (nSPS) is 13.8. The van der Waals surface area contributed by atoms with Gasteiger partial charge < -0.3 is 18.9 Å². The van der Waals surface area contributed by atoms with Crippen molar-refractivity contribution in [1.29, 1.82) is 0 Å². The first kappa shape index (κ1) is 23.1. The topological polar surface area (TPSA) is 57.9 Å². The summed E-state index contributed by atoms with van der Waals surface area (Å²) in [5.74, 6) is -0.904. The van der Waals surface area contributed by atoms with Crippen molar-refractivity contribution in [2.75, 3.05) is 13.9 Å². The van der Waals surface area contributed by atoms with Gasteiger partial charge in [-0.15, -0.1) is 0 Å². The van der Waals surface area contributed by atoms with E-state index in [2.05, 4.69) is 0 Å². The Morgan fingerprint density at radius 3 is 2.57 bits per heavy atom. The van der Waals surface area contributed by atoms with Gasteiger partial charge in [0.15, 0.2) is 35.7 Å². The number of alkyl halides is 3. The zero-order valence-corrected chi connectivity index (χ0v) is 19.3. The molecule has 10 heteroatoms. The number of methoxy groups -OCH3 is 1. The highest BCUT2D eigenvalue weighted by Gasteiger charge is 2.35. The van der Waals surface area contributed by atoms with Crippen LogP contribution in [0.2, 0.25) is 0 Å². The number of aryl methyl sites for hydroxylation is 2. The Morgan fingerprint density at radius 2 is 1.81 bits per heavy atom. The van der Waals surface area contributed by atoms with E-state index in [9.17, 15) is 22.4 Å². The monoisotopic (exact) mass is 512 g/mol. The molecule has 0 aliphatic carbocycles. The number of benzene rings is 3. The van der Waals surface area contributed by atoms with Gasteiger partial charge in [0.25, 0.3) is 0 Å². The third kappa shape index (κ3) is 3.89. The van der Waals surface area contributed by atoms with Gasteiger partial charge in [-0.1, -0.05) is 0 Å². The molecule has 3 aromatic carbocycles. The molecule has 0 saturated heterocycles. The van der Waals surface area contributed by atoms with Gasteiger partial charge in [-0.2, -0.15) is 17.7 Å². The van der Waals surface area contributed by atoms with E-state index in [4.69, 9.17) is 18.9 Å². The average molecular weight is 512 g/mol. The second-order valence-electron chi connectivity index (χ2n) is 8.65. The highest BCUT2D eigenvalue weighted by atomic mass is 19.4. The van der Waals surface area contributed by atoms with Crippen LogP contribution in [0.15, 0.2) is 54.7 Å². The van der Waals surface area contributed by atoms with Crippen LogP contribution < -0.4 is 23.5 Å². The number of ether oxygens (including phenoxy) is 4. The fourth-order valence-electron chi connectivity index (χ4n) is 4.68. The minimum absolute atomic E-state index is 0.0506. The van der Waals surface area contributed by atoms with Gasteiger partial charge in [0, 0.05) is 12.5 Å². The Hall–Kier alpha value is -4.34. The summed E-state index contributed by atoms with van der Waals surface area (Å²) in [5.41, 5.74) is 1.03. The number of pyridine rings is 1. The van der Waals surface area contributed by atoms with Crippen molar-refractivity contribution in [3.05, 3.63) is 77.2 Å². The molecular weight excluding hydrogens is 494 g/mol. The molecule has 0 amide bonds. The Labute approximate surface area is 207 Å². The Morgan fingerprint density at radius 1 is 1.03 bits per heavy atom. The first-order valence-electron chi connectivity index (χ1n) is 11.3. The number of esters is 1. The fraction of sp³-hybridized carbons (Fsp3) is 0.185. The number of halogens is 4. The van der Waals surface area contributed by atoms with Crippen LogP contribution in [0.3, 0.4) is 0 Å². The van der Waals surface area contributed by atoms with Gasteiger partial charge in [-0.05, 0) is 53.4 Å². The number of carbonyl (C=O) groups excluding carboxylic acids is 1. The minimum atomic E-state index is -4.96. The van der Waals surface area contributed by atoms with Crippen molar-refractivity contribution in [3.63, 3.8) is 0 Å². The third-order valence-corrected chi connectivity index (χ3v) is 6.50. The number of hydrogen-bond donors (Lipinski definition) is 0. The van der Waals surface area contributed by atoms with E-state index in [1.165, 1.54) is 7.11 Å². The van der Waals surface area contributed by atoms with Gasteiger partial charge in [-0.25, -0.2) is 9.18 Å². The zero-order valence-electron chi connectivity index (χ0n) is 19.3. The molecule has 3 heterocycles. The number of fused-ring (bicyclic) bond motifs is 5. The van der Waals surface area contributed by atoms with E-state index in [0.29, 0.717) is 35.6 Å². The lowest BCUT2D eigenvalue weighted by atomic mass is 9.95. The second kappa shape index (κ2) is 8.36. The Balaban J connectivity index is 1.43. The lowest BCUT2D eigenvalue weighted by Gasteiger charge is -2.17. The highest BCUT2D eigenvalue weighted by molar-refractivity contribution is 5.97. The molecule has 0 radical (unpaired) electrons. The molecule has 6 rings (SSSR count). The van der Waals surface area contributed by atoms with Crippen LogP contribution in [-0.2, 0) is 19.1 Å². The van der Waals surface area contributed by atoms with Crippen molar-refractivity contribution in [2.24, 2.45) is 0 Å². The van der Waals surface area contributed by atoms with E-state index < -0.39 is 29.1 Å². The minimum Gasteiger partial charge on any atom is -0.493 e. The lowest BCUT2D eigenvalue weighted by Crippen LogP contribution is -2.40. The van der Waals surface area contributed by atoms with Gasteiger partial charge in [0.2, 0.25) is 12.5 Å². The lowest BCUT2D eigenvalue weighted by molar-refractivity contribution is -0.686. The van der Waals surface area contributed by atoms with E-state index in [1.54, 1.807) is 12.1 Å². The molecule has 188 valence electrons. The van der Waals surface area contributed by atoms with Crippen LogP contribution in [0.4, 0.5) is 17.6 Å². The first-order valence-corrected chi connectivity index (χ1v) is 11.3. The number of rotatable bonds is 3. The van der Waals surface area contributed by atoms with E-state index >= 15 is 0 Å². The summed E-state index contributed by atoms with van der Waals surface area (Å²) < 4.78 is 77.2. The van der Waals surface area contributed by atoms with Crippen molar-refractivity contribution in [3.8, 4) is 34.3 Å².